The number of hydrogen-bond acceptors (Lipinski definition) is 3. The molecule has 1 heterocycles. The van der Waals surface area contributed by atoms with E-state index in [9.17, 15) is 0 Å². The topological polar surface area (TPSA) is 32.5 Å². The Morgan fingerprint density at radius 2 is 2.10 bits per heavy atom. The average molecular weight is 356 g/mol. The first-order valence-corrected chi connectivity index (χ1v) is 8.16. The van der Waals surface area contributed by atoms with Crippen LogP contribution in [-0.2, 0) is 0 Å². The fraction of sp³-hybridized carbons (Fsp3) is 0.533. The molecule has 1 saturated heterocycles. The third-order valence-electron chi connectivity index (χ3n) is 4.01. The minimum atomic E-state index is 0.461. The predicted octanol–water partition coefficient (Wildman–Crippen LogP) is 2.86. The van der Waals surface area contributed by atoms with Crippen molar-refractivity contribution >= 4 is 38.8 Å². The molecule has 2 N–H and O–H groups in total. The average Bonchev–Trinajstić information content (AvgIpc) is 2.41. The molecule has 0 aromatic heterocycles. The van der Waals surface area contributed by atoms with Gasteiger partial charge < -0.3 is 15.5 Å². The lowest BCUT2D eigenvalue weighted by Gasteiger charge is -2.33. The zero-order valence-corrected chi connectivity index (χ0v) is 14.5. The highest BCUT2D eigenvalue weighted by atomic mass is 79.9. The van der Waals surface area contributed by atoms with Crippen LogP contribution in [0.5, 0.6) is 0 Å². The van der Waals surface area contributed by atoms with Crippen LogP contribution in [-0.4, -0.2) is 43.6 Å². The largest absolute Gasteiger partial charge is 0.389 e. The molecule has 5 heteroatoms. The third kappa shape index (κ3) is 3.93. The summed E-state index contributed by atoms with van der Waals surface area (Å²) >= 11 is 8.69. The van der Waals surface area contributed by atoms with E-state index in [-0.39, 0.29) is 0 Å². The number of anilines is 1. The van der Waals surface area contributed by atoms with E-state index in [2.05, 4.69) is 45.9 Å². The van der Waals surface area contributed by atoms with E-state index in [1.54, 1.807) is 0 Å². The van der Waals surface area contributed by atoms with E-state index in [1.807, 2.05) is 12.1 Å². The monoisotopic (exact) mass is 355 g/mol. The van der Waals surface area contributed by atoms with Gasteiger partial charge in [-0.1, -0.05) is 28.1 Å². The van der Waals surface area contributed by atoms with Gasteiger partial charge in [0, 0.05) is 29.3 Å². The van der Waals surface area contributed by atoms with Gasteiger partial charge in [-0.15, -0.1) is 0 Å². The molecule has 1 fully saturated rings. The van der Waals surface area contributed by atoms with Gasteiger partial charge in [-0.25, -0.2) is 0 Å². The Labute approximate surface area is 135 Å². The van der Waals surface area contributed by atoms with Gasteiger partial charge >= 0.3 is 0 Å². The second kappa shape index (κ2) is 6.87. The number of thiocarbonyl (C=S) groups is 1. The number of nitrogens with zero attached hydrogens (tertiary/aromatic N) is 2. The van der Waals surface area contributed by atoms with Crippen LogP contribution in [0.2, 0.25) is 0 Å². The van der Waals surface area contributed by atoms with Crippen molar-refractivity contribution in [1.82, 2.24) is 4.90 Å². The van der Waals surface area contributed by atoms with Crippen molar-refractivity contribution in [2.75, 3.05) is 38.6 Å². The molecule has 0 spiro atoms. The molecule has 0 aliphatic carbocycles. The van der Waals surface area contributed by atoms with E-state index < -0.39 is 0 Å². The first-order valence-electron chi connectivity index (χ1n) is 6.96. The molecule has 0 unspecified atom stereocenters. The number of benzene rings is 1. The zero-order valence-electron chi connectivity index (χ0n) is 12.1. The molecule has 0 atom stereocenters. The number of rotatable bonds is 4. The summed E-state index contributed by atoms with van der Waals surface area (Å²) < 4.78 is 1.06. The van der Waals surface area contributed by atoms with Gasteiger partial charge in [0.2, 0.25) is 0 Å². The van der Waals surface area contributed by atoms with Crippen LogP contribution >= 0.6 is 28.1 Å². The minimum absolute atomic E-state index is 0.461. The first-order chi connectivity index (χ1) is 9.47. The molecule has 1 aromatic rings. The molecular formula is C15H22BrN3S. The summed E-state index contributed by atoms with van der Waals surface area (Å²) in [6.07, 6.45) is 2.52. The maximum Gasteiger partial charge on any atom is 0.106 e. The zero-order chi connectivity index (χ0) is 14.7. The van der Waals surface area contributed by atoms with Crippen molar-refractivity contribution in [2.45, 2.75) is 12.8 Å². The molecule has 0 radical (unpaired) electrons. The summed E-state index contributed by atoms with van der Waals surface area (Å²) in [5.41, 5.74) is 7.91. The van der Waals surface area contributed by atoms with E-state index in [0.29, 0.717) is 4.99 Å². The molecule has 3 nitrogen and oxygen atoms in total. The molecule has 2 rings (SSSR count). The molecule has 0 amide bonds. The molecule has 1 aliphatic rings. The molecule has 0 bridgehead atoms. The second-order valence-corrected chi connectivity index (χ2v) is 7.01. The van der Waals surface area contributed by atoms with E-state index >= 15 is 0 Å². The van der Waals surface area contributed by atoms with Gasteiger partial charge in [-0.3, -0.25) is 0 Å². The van der Waals surface area contributed by atoms with Gasteiger partial charge in [0.15, 0.2) is 0 Å². The molecule has 110 valence electrons. The maximum absolute atomic E-state index is 5.84. The summed E-state index contributed by atoms with van der Waals surface area (Å²) in [6, 6.07) is 6.08. The summed E-state index contributed by atoms with van der Waals surface area (Å²) in [7, 11) is 4.32. The Hall–Kier alpha value is -0.650. The SMILES string of the molecule is CN1CCC(CN(C)c2cc(Br)ccc2C(N)=S)CC1. The van der Waals surface area contributed by atoms with Gasteiger partial charge in [0.1, 0.15) is 4.99 Å². The van der Waals surface area contributed by atoms with Crippen molar-refractivity contribution in [1.29, 1.82) is 0 Å². The fourth-order valence-electron chi connectivity index (χ4n) is 2.76. The fourth-order valence-corrected chi connectivity index (χ4v) is 3.28. The van der Waals surface area contributed by atoms with E-state index in [4.69, 9.17) is 18.0 Å². The van der Waals surface area contributed by atoms with Gasteiger partial charge in [-0.2, -0.15) is 0 Å². The lowest BCUT2D eigenvalue weighted by atomic mass is 9.96. The highest BCUT2D eigenvalue weighted by Gasteiger charge is 2.19. The smallest absolute Gasteiger partial charge is 0.106 e. The first kappa shape index (κ1) is 15.7. The Kier molecular flexibility index (Phi) is 5.41. The van der Waals surface area contributed by atoms with Crippen LogP contribution in [0.25, 0.3) is 0 Å². The normalized spacial score (nSPS) is 17.1. The van der Waals surface area contributed by atoms with Crippen LogP contribution in [0, 0.1) is 5.92 Å². The highest BCUT2D eigenvalue weighted by Crippen LogP contribution is 2.27. The maximum atomic E-state index is 5.84. The van der Waals surface area contributed by atoms with Crippen LogP contribution in [0.3, 0.4) is 0 Å². The standard InChI is InChI=1S/C15H22BrN3S/c1-18-7-5-11(6-8-18)10-19(2)14-9-12(16)3-4-13(14)15(17)20/h3-4,9,11H,5-8,10H2,1-2H3,(H2,17,20). The van der Waals surface area contributed by atoms with Gasteiger partial charge in [0.25, 0.3) is 0 Å². The minimum Gasteiger partial charge on any atom is -0.389 e. The van der Waals surface area contributed by atoms with E-state index in [1.165, 1.54) is 25.9 Å². The Balaban J connectivity index is 2.10. The van der Waals surface area contributed by atoms with Crippen LogP contribution in [0.1, 0.15) is 18.4 Å². The lowest BCUT2D eigenvalue weighted by Crippen LogP contribution is -2.36. The quantitative estimate of drug-likeness (QED) is 0.841. The predicted molar refractivity (Wildman–Crippen MR) is 93.5 cm³/mol. The molecule has 1 aromatic carbocycles. The van der Waals surface area contributed by atoms with Crippen molar-refractivity contribution in [3.8, 4) is 0 Å². The molecular weight excluding hydrogens is 334 g/mol. The molecule has 1 aliphatic heterocycles. The van der Waals surface area contributed by atoms with Crippen molar-refractivity contribution < 1.29 is 0 Å². The summed E-state index contributed by atoms with van der Waals surface area (Å²) in [5.74, 6) is 0.745. The Bertz CT molecular complexity index is 484. The number of hydrogen-bond donors (Lipinski definition) is 1. The summed E-state index contributed by atoms with van der Waals surface area (Å²) in [4.78, 5) is 5.15. The number of nitrogens with two attached hydrogens (primary N) is 1. The van der Waals surface area contributed by atoms with Crippen LogP contribution in [0.15, 0.2) is 22.7 Å². The van der Waals surface area contributed by atoms with Crippen molar-refractivity contribution in [3.63, 3.8) is 0 Å². The summed E-state index contributed by atoms with van der Waals surface area (Å²) in [6.45, 7) is 3.44. The highest BCUT2D eigenvalue weighted by molar-refractivity contribution is 9.10. The summed E-state index contributed by atoms with van der Waals surface area (Å²) in [5, 5.41) is 0. The molecule has 20 heavy (non-hydrogen) atoms. The van der Waals surface area contributed by atoms with Crippen LogP contribution in [0.4, 0.5) is 5.69 Å². The van der Waals surface area contributed by atoms with Gasteiger partial charge in [0.05, 0.1) is 0 Å². The van der Waals surface area contributed by atoms with Crippen molar-refractivity contribution in [3.05, 3.63) is 28.2 Å². The number of halogens is 1. The third-order valence-corrected chi connectivity index (χ3v) is 4.72. The Morgan fingerprint density at radius 1 is 1.45 bits per heavy atom. The lowest BCUT2D eigenvalue weighted by molar-refractivity contribution is 0.222. The second-order valence-electron chi connectivity index (χ2n) is 5.65. The van der Waals surface area contributed by atoms with E-state index in [0.717, 1.165) is 28.2 Å². The number of likely N-dealkylation sites (tertiary alicyclic amines) is 1. The number of piperidine rings is 1. The Morgan fingerprint density at radius 3 is 2.70 bits per heavy atom. The van der Waals surface area contributed by atoms with Crippen LogP contribution < -0.4 is 10.6 Å². The van der Waals surface area contributed by atoms with Gasteiger partial charge in [-0.05, 0) is 57.1 Å². The van der Waals surface area contributed by atoms with Crippen molar-refractivity contribution in [2.24, 2.45) is 11.7 Å². The molecule has 0 saturated carbocycles.